The number of nitrogens with one attached hydrogen (secondary N) is 1. The highest BCUT2D eigenvalue weighted by atomic mass is 16.5. The molecule has 0 aromatic heterocycles. The fraction of sp³-hybridized carbons (Fsp3) is 0.438. The molecule has 0 aliphatic carbocycles. The molecule has 2 heterocycles. The second-order valence-electron chi connectivity index (χ2n) is 5.55. The van der Waals surface area contributed by atoms with Crippen LogP contribution in [0.3, 0.4) is 0 Å². The van der Waals surface area contributed by atoms with Gasteiger partial charge in [-0.05, 0) is 12.0 Å². The standard InChI is InChI=1S/C16H20N2O2/c1-12(9-18-10-15-7-14(18)11-20-15)16(19)17-8-13-5-3-2-4-6-13/h2-6,14-15H,1,7-11H2,(H,17,19). The van der Waals surface area contributed by atoms with Crippen molar-refractivity contribution in [1.82, 2.24) is 10.2 Å². The van der Waals surface area contributed by atoms with Crippen molar-refractivity contribution in [3.05, 3.63) is 48.0 Å². The largest absolute Gasteiger partial charge is 0.375 e. The van der Waals surface area contributed by atoms with E-state index in [-0.39, 0.29) is 5.91 Å². The Morgan fingerprint density at radius 1 is 1.40 bits per heavy atom. The molecule has 2 fully saturated rings. The van der Waals surface area contributed by atoms with Crippen LogP contribution < -0.4 is 5.32 Å². The second kappa shape index (κ2) is 5.77. The Kier molecular flexibility index (Phi) is 3.85. The summed E-state index contributed by atoms with van der Waals surface area (Å²) in [6.07, 6.45) is 1.46. The molecule has 0 saturated carbocycles. The first-order chi connectivity index (χ1) is 9.72. The fourth-order valence-corrected chi connectivity index (χ4v) is 2.89. The molecule has 0 spiro atoms. The first kappa shape index (κ1) is 13.3. The lowest BCUT2D eigenvalue weighted by atomic mass is 10.2. The van der Waals surface area contributed by atoms with Gasteiger partial charge in [0.25, 0.3) is 0 Å². The van der Waals surface area contributed by atoms with E-state index in [1.165, 1.54) is 0 Å². The summed E-state index contributed by atoms with van der Waals surface area (Å²) in [6, 6.07) is 10.4. The van der Waals surface area contributed by atoms with Crippen LogP contribution in [0.25, 0.3) is 0 Å². The smallest absolute Gasteiger partial charge is 0.248 e. The topological polar surface area (TPSA) is 41.6 Å². The molecule has 4 nitrogen and oxygen atoms in total. The van der Waals surface area contributed by atoms with E-state index in [4.69, 9.17) is 4.74 Å². The predicted molar refractivity (Wildman–Crippen MR) is 77.1 cm³/mol. The minimum Gasteiger partial charge on any atom is -0.375 e. The van der Waals surface area contributed by atoms with Crippen LogP contribution in [0.2, 0.25) is 0 Å². The lowest BCUT2D eigenvalue weighted by molar-refractivity contribution is -0.118. The third kappa shape index (κ3) is 2.92. The quantitative estimate of drug-likeness (QED) is 0.822. The maximum Gasteiger partial charge on any atom is 0.248 e. The molecule has 1 N–H and O–H groups in total. The molecule has 2 atom stereocenters. The minimum atomic E-state index is -0.0578. The van der Waals surface area contributed by atoms with E-state index in [2.05, 4.69) is 16.8 Å². The Balaban J connectivity index is 1.46. The van der Waals surface area contributed by atoms with Gasteiger partial charge in [0.05, 0.1) is 12.7 Å². The highest BCUT2D eigenvalue weighted by Crippen LogP contribution is 2.27. The lowest BCUT2D eigenvalue weighted by Gasteiger charge is -2.26. The van der Waals surface area contributed by atoms with Crippen LogP contribution in [0, 0.1) is 0 Å². The van der Waals surface area contributed by atoms with E-state index >= 15 is 0 Å². The normalized spacial score (nSPS) is 24.8. The van der Waals surface area contributed by atoms with Gasteiger partial charge in [-0.3, -0.25) is 9.69 Å². The Hall–Kier alpha value is -1.65. The summed E-state index contributed by atoms with van der Waals surface area (Å²) in [5, 5.41) is 2.92. The zero-order valence-corrected chi connectivity index (χ0v) is 11.5. The van der Waals surface area contributed by atoms with Crippen LogP contribution in [-0.4, -0.2) is 42.6 Å². The lowest BCUT2D eigenvalue weighted by Crippen LogP contribution is -2.40. The zero-order chi connectivity index (χ0) is 13.9. The van der Waals surface area contributed by atoms with Gasteiger partial charge in [0.2, 0.25) is 5.91 Å². The maximum absolute atomic E-state index is 12.0. The number of rotatable bonds is 5. The molecule has 2 aliphatic rings. The molecule has 1 aromatic rings. The summed E-state index contributed by atoms with van der Waals surface area (Å²) in [5.74, 6) is -0.0578. The van der Waals surface area contributed by atoms with Crippen LogP contribution in [-0.2, 0) is 16.1 Å². The van der Waals surface area contributed by atoms with E-state index in [1.807, 2.05) is 30.3 Å². The van der Waals surface area contributed by atoms with Crippen molar-refractivity contribution in [1.29, 1.82) is 0 Å². The van der Waals surface area contributed by atoms with E-state index in [9.17, 15) is 4.79 Å². The Bertz CT molecular complexity index is 500. The van der Waals surface area contributed by atoms with Gasteiger partial charge in [-0.25, -0.2) is 0 Å². The van der Waals surface area contributed by atoms with Crippen molar-refractivity contribution >= 4 is 5.91 Å². The number of hydrogen-bond donors (Lipinski definition) is 1. The highest BCUT2D eigenvalue weighted by molar-refractivity contribution is 5.93. The van der Waals surface area contributed by atoms with Crippen LogP contribution in [0.4, 0.5) is 0 Å². The van der Waals surface area contributed by atoms with Crippen LogP contribution in [0.15, 0.2) is 42.5 Å². The number of amides is 1. The van der Waals surface area contributed by atoms with E-state index < -0.39 is 0 Å². The monoisotopic (exact) mass is 272 g/mol. The van der Waals surface area contributed by atoms with Crippen LogP contribution in [0.5, 0.6) is 0 Å². The fourth-order valence-electron chi connectivity index (χ4n) is 2.89. The van der Waals surface area contributed by atoms with E-state index in [0.29, 0.717) is 30.8 Å². The van der Waals surface area contributed by atoms with Gasteiger partial charge in [-0.1, -0.05) is 36.9 Å². The molecule has 0 radical (unpaired) electrons. The molecule has 1 aromatic carbocycles. The summed E-state index contributed by atoms with van der Waals surface area (Å²) < 4.78 is 5.56. The molecule has 20 heavy (non-hydrogen) atoms. The van der Waals surface area contributed by atoms with Gasteiger partial charge >= 0.3 is 0 Å². The minimum absolute atomic E-state index is 0.0578. The number of carbonyl (C=O) groups excluding carboxylic acids is 1. The number of morpholine rings is 1. The van der Waals surface area contributed by atoms with Gasteiger partial charge in [-0.15, -0.1) is 0 Å². The van der Waals surface area contributed by atoms with Crippen molar-refractivity contribution in [2.75, 3.05) is 19.7 Å². The molecule has 4 heteroatoms. The molecule has 2 aliphatic heterocycles. The number of fused-ring (bicyclic) bond motifs is 2. The van der Waals surface area contributed by atoms with Crippen molar-refractivity contribution < 1.29 is 9.53 Å². The SMILES string of the molecule is C=C(CN1CC2CC1CO2)C(=O)NCc1ccccc1. The molecule has 3 rings (SSSR count). The molecular formula is C16H20N2O2. The number of carbonyl (C=O) groups is 1. The molecule has 1 amide bonds. The van der Waals surface area contributed by atoms with E-state index in [1.54, 1.807) is 0 Å². The zero-order valence-electron chi connectivity index (χ0n) is 11.5. The first-order valence-electron chi connectivity index (χ1n) is 7.08. The van der Waals surface area contributed by atoms with Gasteiger partial charge in [-0.2, -0.15) is 0 Å². The molecule has 2 bridgehead atoms. The third-order valence-corrected chi connectivity index (χ3v) is 4.02. The first-order valence-corrected chi connectivity index (χ1v) is 7.08. The van der Waals surface area contributed by atoms with E-state index in [0.717, 1.165) is 25.1 Å². The number of nitrogens with zero attached hydrogens (tertiary/aromatic N) is 1. The van der Waals surface area contributed by atoms with Gasteiger partial charge in [0.1, 0.15) is 0 Å². The van der Waals surface area contributed by atoms with Crippen molar-refractivity contribution in [3.8, 4) is 0 Å². The molecule has 2 saturated heterocycles. The number of benzene rings is 1. The highest BCUT2D eigenvalue weighted by Gasteiger charge is 2.39. The number of ether oxygens (including phenoxy) is 1. The summed E-state index contributed by atoms with van der Waals surface area (Å²) in [6.45, 7) is 6.83. The summed E-state index contributed by atoms with van der Waals surface area (Å²) >= 11 is 0. The molecule has 106 valence electrons. The summed E-state index contributed by atoms with van der Waals surface area (Å²) in [5.41, 5.74) is 1.73. The Morgan fingerprint density at radius 2 is 2.20 bits per heavy atom. The average molecular weight is 272 g/mol. The van der Waals surface area contributed by atoms with Crippen LogP contribution in [0.1, 0.15) is 12.0 Å². The average Bonchev–Trinajstić information content (AvgIpc) is 3.08. The van der Waals surface area contributed by atoms with Gasteiger partial charge in [0, 0.05) is 31.2 Å². The number of likely N-dealkylation sites (tertiary alicyclic amines) is 1. The van der Waals surface area contributed by atoms with Gasteiger partial charge < -0.3 is 10.1 Å². The molecule has 2 unspecified atom stereocenters. The van der Waals surface area contributed by atoms with Crippen molar-refractivity contribution in [3.63, 3.8) is 0 Å². The Labute approximate surface area is 119 Å². The summed E-state index contributed by atoms with van der Waals surface area (Å²) in [4.78, 5) is 14.3. The number of hydrogen-bond acceptors (Lipinski definition) is 3. The van der Waals surface area contributed by atoms with Crippen molar-refractivity contribution in [2.24, 2.45) is 0 Å². The van der Waals surface area contributed by atoms with Gasteiger partial charge in [0.15, 0.2) is 0 Å². The predicted octanol–water partition coefficient (Wildman–Crippen LogP) is 1.33. The molecular weight excluding hydrogens is 252 g/mol. The van der Waals surface area contributed by atoms with Crippen molar-refractivity contribution in [2.45, 2.75) is 25.1 Å². The van der Waals surface area contributed by atoms with Crippen LogP contribution >= 0.6 is 0 Å². The third-order valence-electron chi connectivity index (χ3n) is 4.02. The second-order valence-corrected chi connectivity index (χ2v) is 5.55. The summed E-state index contributed by atoms with van der Waals surface area (Å²) in [7, 11) is 0. The maximum atomic E-state index is 12.0. The Morgan fingerprint density at radius 3 is 2.85 bits per heavy atom.